The van der Waals surface area contributed by atoms with Crippen LogP contribution in [0.3, 0.4) is 0 Å². The fourth-order valence-electron chi connectivity index (χ4n) is 5.95. The molecule has 1 amide bonds. The Morgan fingerprint density at radius 1 is 1.03 bits per heavy atom. The van der Waals surface area contributed by atoms with Crippen LogP contribution in [0.15, 0.2) is 48.5 Å². The third-order valence-electron chi connectivity index (χ3n) is 7.99. The van der Waals surface area contributed by atoms with Gasteiger partial charge < -0.3 is 4.90 Å². The van der Waals surface area contributed by atoms with Crippen LogP contribution in [-0.4, -0.2) is 47.4 Å². The van der Waals surface area contributed by atoms with Crippen molar-refractivity contribution in [1.82, 2.24) is 9.80 Å². The summed E-state index contributed by atoms with van der Waals surface area (Å²) in [4.78, 5) is 18.0. The highest BCUT2D eigenvalue weighted by Gasteiger charge is 2.46. The van der Waals surface area contributed by atoms with Gasteiger partial charge in [-0.1, -0.05) is 42.5 Å². The van der Waals surface area contributed by atoms with Gasteiger partial charge in [-0.05, 0) is 56.4 Å². The molecular weight excluding hydrogens is 418 g/mol. The topological polar surface area (TPSA) is 23.6 Å². The Morgan fingerprint density at radius 3 is 2.45 bits per heavy atom. The zero-order valence-corrected chi connectivity index (χ0v) is 19.7. The molecule has 0 radical (unpaired) electrons. The molecule has 2 fully saturated rings. The summed E-state index contributed by atoms with van der Waals surface area (Å²) < 4.78 is 28.3. The van der Waals surface area contributed by atoms with Crippen LogP contribution in [0.2, 0.25) is 0 Å². The molecule has 5 rings (SSSR count). The monoisotopic (exact) mass is 450 g/mol. The Bertz CT molecular complexity index is 1100. The number of piperidine rings is 1. The third-order valence-corrected chi connectivity index (χ3v) is 7.99. The number of rotatable bonds is 2. The Kier molecular flexibility index (Phi) is 5.43. The van der Waals surface area contributed by atoms with Crippen LogP contribution >= 0.6 is 0 Å². The zero-order chi connectivity index (χ0) is 23.4. The summed E-state index contributed by atoms with van der Waals surface area (Å²) in [6.07, 6.45) is 6.32. The van der Waals surface area contributed by atoms with Crippen molar-refractivity contribution >= 4 is 12.0 Å². The summed E-state index contributed by atoms with van der Waals surface area (Å²) in [5.74, 6) is -1.65. The van der Waals surface area contributed by atoms with Gasteiger partial charge in [0.05, 0.1) is 5.92 Å². The molecule has 0 bridgehead atoms. The molecule has 3 nitrogen and oxygen atoms in total. The maximum Gasteiger partial charge on any atom is 0.227 e. The minimum Gasteiger partial charge on any atom is -0.342 e. The summed E-state index contributed by atoms with van der Waals surface area (Å²) in [5, 5.41) is 0. The first kappa shape index (κ1) is 22.3. The number of benzene rings is 2. The Balaban J connectivity index is 1.37. The van der Waals surface area contributed by atoms with E-state index in [4.69, 9.17) is 0 Å². The summed E-state index contributed by atoms with van der Waals surface area (Å²) in [5.41, 5.74) is 2.98. The van der Waals surface area contributed by atoms with Crippen LogP contribution in [0.4, 0.5) is 8.78 Å². The highest BCUT2D eigenvalue weighted by atomic mass is 19.1. The van der Waals surface area contributed by atoms with E-state index in [9.17, 15) is 13.6 Å². The van der Waals surface area contributed by atoms with E-state index in [1.165, 1.54) is 23.3 Å². The molecule has 2 heterocycles. The van der Waals surface area contributed by atoms with Gasteiger partial charge in [-0.2, -0.15) is 0 Å². The second-order valence-corrected chi connectivity index (χ2v) is 10.9. The molecule has 0 aromatic heterocycles. The fraction of sp³-hybridized carbons (Fsp3) is 0.464. The third kappa shape index (κ3) is 3.90. The van der Waals surface area contributed by atoms with Crippen molar-refractivity contribution in [2.75, 3.05) is 26.2 Å². The number of hydrogen-bond donors (Lipinski definition) is 0. The van der Waals surface area contributed by atoms with Gasteiger partial charge in [0.15, 0.2) is 0 Å². The largest absolute Gasteiger partial charge is 0.342 e. The molecule has 5 heteroatoms. The van der Waals surface area contributed by atoms with E-state index in [2.05, 4.69) is 62.1 Å². The first-order valence-corrected chi connectivity index (χ1v) is 12.0. The molecule has 0 saturated carbocycles. The molecule has 2 atom stereocenters. The van der Waals surface area contributed by atoms with Crippen molar-refractivity contribution in [3.8, 4) is 0 Å². The van der Waals surface area contributed by atoms with Crippen molar-refractivity contribution in [3.05, 3.63) is 76.9 Å². The summed E-state index contributed by atoms with van der Waals surface area (Å²) in [7, 11) is 0. The standard InChI is InChI=1S/C28H32F2N2O/c1-27(2,3)32-17-22(21-9-8-20(29)16-25(21)30)23(18-32)26(33)31-14-12-28(13-15-31)11-10-19-6-4-5-7-24(19)28/h4-11,16,22-23H,12-15,17-18H2,1-3H3/t22-,23+/m0/s1. The number of likely N-dealkylation sites (tertiary alicyclic amines) is 2. The molecule has 2 aliphatic heterocycles. The summed E-state index contributed by atoms with van der Waals surface area (Å²) in [6.45, 7) is 8.93. The van der Waals surface area contributed by atoms with Gasteiger partial charge in [-0.3, -0.25) is 9.69 Å². The van der Waals surface area contributed by atoms with Crippen LogP contribution in [0, 0.1) is 17.6 Å². The van der Waals surface area contributed by atoms with Crippen LogP contribution < -0.4 is 0 Å². The van der Waals surface area contributed by atoms with Crippen molar-refractivity contribution < 1.29 is 13.6 Å². The fourth-order valence-corrected chi connectivity index (χ4v) is 5.95. The van der Waals surface area contributed by atoms with Gasteiger partial charge in [0.1, 0.15) is 11.6 Å². The molecule has 1 aliphatic carbocycles. The van der Waals surface area contributed by atoms with Crippen molar-refractivity contribution in [1.29, 1.82) is 0 Å². The number of nitrogens with zero attached hydrogens (tertiary/aromatic N) is 2. The van der Waals surface area contributed by atoms with Gasteiger partial charge in [0.2, 0.25) is 5.91 Å². The van der Waals surface area contributed by atoms with Gasteiger partial charge in [-0.15, -0.1) is 0 Å². The predicted octanol–water partition coefficient (Wildman–Crippen LogP) is 5.37. The van der Waals surface area contributed by atoms with Gasteiger partial charge >= 0.3 is 0 Å². The number of fused-ring (bicyclic) bond motifs is 2. The Hall–Kier alpha value is -2.53. The smallest absolute Gasteiger partial charge is 0.227 e. The van der Waals surface area contributed by atoms with E-state index in [-0.39, 0.29) is 28.7 Å². The molecule has 2 aromatic rings. The number of amides is 1. The molecule has 3 aliphatic rings. The number of carbonyl (C=O) groups is 1. The van der Waals surface area contributed by atoms with Crippen LogP contribution in [0.25, 0.3) is 6.08 Å². The maximum atomic E-state index is 14.8. The second kappa shape index (κ2) is 8.05. The molecule has 33 heavy (non-hydrogen) atoms. The highest BCUT2D eigenvalue weighted by Crippen LogP contribution is 2.45. The van der Waals surface area contributed by atoms with Crippen molar-refractivity contribution in [2.24, 2.45) is 5.92 Å². The maximum absolute atomic E-state index is 14.8. The van der Waals surface area contributed by atoms with Gasteiger partial charge in [-0.25, -0.2) is 8.78 Å². The lowest BCUT2D eigenvalue weighted by Gasteiger charge is -2.40. The molecule has 2 saturated heterocycles. The van der Waals surface area contributed by atoms with E-state index < -0.39 is 11.6 Å². The molecule has 1 spiro atoms. The molecule has 0 unspecified atom stereocenters. The molecular formula is C28H32F2N2O. The lowest BCUT2D eigenvalue weighted by Crippen LogP contribution is -2.47. The second-order valence-electron chi connectivity index (χ2n) is 10.9. The van der Waals surface area contributed by atoms with Crippen LogP contribution in [0.1, 0.15) is 56.2 Å². The average Bonchev–Trinajstić information content (AvgIpc) is 3.37. The first-order valence-electron chi connectivity index (χ1n) is 12.0. The summed E-state index contributed by atoms with van der Waals surface area (Å²) in [6, 6.07) is 12.3. The van der Waals surface area contributed by atoms with E-state index in [1.54, 1.807) is 0 Å². The first-order chi connectivity index (χ1) is 15.7. The number of allylic oxidation sites excluding steroid dienone is 1. The number of halogens is 2. The predicted molar refractivity (Wildman–Crippen MR) is 127 cm³/mol. The van der Waals surface area contributed by atoms with Crippen LogP contribution in [0.5, 0.6) is 0 Å². The minimum atomic E-state index is -0.587. The highest BCUT2D eigenvalue weighted by molar-refractivity contribution is 5.81. The quantitative estimate of drug-likeness (QED) is 0.615. The Labute approximate surface area is 195 Å². The summed E-state index contributed by atoms with van der Waals surface area (Å²) >= 11 is 0. The number of carbonyl (C=O) groups excluding carboxylic acids is 1. The average molecular weight is 451 g/mol. The lowest BCUT2D eigenvalue weighted by molar-refractivity contribution is -0.137. The van der Waals surface area contributed by atoms with E-state index in [1.807, 2.05) is 4.90 Å². The zero-order valence-electron chi connectivity index (χ0n) is 19.7. The van der Waals surface area contributed by atoms with Crippen LogP contribution in [-0.2, 0) is 10.2 Å². The van der Waals surface area contributed by atoms with E-state index >= 15 is 0 Å². The molecule has 2 aromatic carbocycles. The van der Waals surface area contributed by atoms with Crippen molar-refractivity contribution in [3.63, 3.8) is 0 Å². The number of hydrogen-bond acceptors (Lipinski definition) is 2. The SMILES string of the molecule is CC(C)(C)N1C[C@@H](C(=O)N2CCC3(C=Cc4ccccc43)CC2)[C@H](c2ccc(F)cc2F)C1. The normalized spacial score (nSPS) is 24.5. The van der Waals surface area contributed by atoms with Gasteiger partial charge in [0.25, 0.3) is 0 Å². The molecule has 0 N–H and O–H groups in total. The van der Waals surface area contributed by atoms with E-state index in [0.717, 1.165) is 18.9 Å². The lowest BCUT2D eigenvalue weighted by atomic mass is 9.74. The van der Waals surface area contributed by atoms with E-state index in [0.29, 0.717) is 31.7 Å². The minimum absolute atomic E-state index is 0.0168. The van der Waals surface area contributed by atoms with Crippen molar-refractivity contribution in [2.45, 2.75) is 50.5 Å². The Morgan fingerprint density at radius 2 is 1.76 bits per heavy atom. The molecule has 174 valence electrons. The van der Waals surface area contributed by atoms with Gasteiger partial charge in [0, 0.05) is 49.1 Å².